The summed E-state index contributed by atoms with van der Waals surface area (Å²) in [6, 6.07) is -0.0563. The Morgan fingerprint density at radius 3 is 2.66 bits per heavy atom. The normalized spacial score (nSPS) is 27.7. The topological polar surface area (TPSA) is 101 Å². The van der Waals surface area contributed by atoms with Crippen molar-refractivity contribution in [3.05, 3.63) is 11.8 Å². The highest BCUT2D eigenvalue weighted by Crippen LogP contribution is 2.45. The number of hydrogen-bond acceptors (Lipinski definition) is 6. The first-order valence-corrected chi connectivity index (χ1v) is 10.7. The molecule has 29 heavy (non-hydrogen) atoms. The van der Waals surface area contributed by atoms with E-state index >= 15 is 0 Å². The van der Waals surface area contributed by atoms with Gasteiger partial charge in [0.25, 0.3) is 0 Å². The standard InChI is InChI=1S/C20H31N5O4/c1-3-7-21-19(27)25-12-16-11-24(17(26)15-4-9-28-10-5-15)8-6-20(16,13-25)18-23-22-14(2)29-18/h15-16H,3-13H2,1-2H3,(H,21,27)/t16-,20-/m0/s1. The van der Waals surface area contributed by atoms with Crippen LogP contribution in [-0.2, 0) is 14.9 Å². The predicted octanol–water partition coefficient (Wildman–Crippen LogP) is 1.33. The Hall–Kier alpha value is -2.16. The Kier molecular flexibility index (Phi) is 5.76. The number of rotatable bonds is 4. The predicted molar refractivity (Wildman–Crippen MR) is 104 cm³/mol. The third-order valence-corrected chi connectivity index (χ3v) is 6.61. The van der Waals surface area contributed by atoms with Crippen molar-refractivity contribution in [3.8, 4) is 0 Å². The minimum atomic E-state index is -0.378. The largest absolute Gasteiger partial charge is 0.425 e. The van der Waals surface area contributed by atoms with Crippen LogP contribution in [0.5, 0.6) is 0 Å². The van der Waals surface area contributed by atoms with Crippen LogP contribution in [0.4, 0.5) is 4.79 Å². The Labute approximate surface area is 171 Å². The number of carbonyl (C=O) groups excluding carboxylic acids is 2. The molecule has 1 aromatic rings. The van der Waals surface area contributed by atoms with Crippen molar-refractivity contribution in [1.82, 2.24) is 25.3 Å². The van der Waals surface area contributed by atoms with E-state index in [0.717, 1.165) is 25.7 Å². The van der Waals surface area contributed by atoms with Gasteiger partial charge in [0.2, 0.25) is 17.7 Å². The van der Waals surface area contributed by atoms with E-state index in [4.69, 9.17) is 9.15 Å². The molecule has 9 nitrogen and oxygen atoms in total. The number of carbonyl (C=O) groups is 2. The van der Waals surface area contributed by atoms with Gasteiger partial charge in [-0.05, 0) is 25.7 Å². The molecule has 9 heteroatoms. The van der Waals surface area contributed by atoms with Gasteiger partial charge in [-0.1, -0.05) is 6.92 Å². The minimum absolute atomic E-state index is 0.0484. The van der Waals surface area contributed by atoms with Crippen LogP contribution >= 0.6 is 0 Å². The van der Waals surface area contributed by atoms with Crippen molar-refractivity contribution in [3.63, 3.8) is 0 Å². The van der Waals surface area contributed by atoms with Crippen LogP contribution in [0.3, 0.4) is 0 Å². The highest BCUT2D eigenvalue weighted by atomic mass is 16.5. The third-order valence-electron chi connectivity index (χ3n) is 6.61. The first-order chi connectivity index (χ1) is 14.0. The molecule has 0 saturated carbocycles. The van der Waals surface area contributed by atoms with Gasteiger partial charge in [0.05, 0.1) is 5.41 Å². The van der Waals surface area contributed by atoms with Crippen molar-refractivity contribution in [2.75, 3.05) is 45.9 Å². The molecule has 1 aromatic heterocycles. The summed E-state index contributed by atoms with van der Waals surface area (Å²) < 4.78 is 11.3. The van der Waals surface area contributed by atoms with Gasteiger partial charge in [-0.15, -0.1) is 10.2 Å². The molecule has 4 rings (SSSR count). The van der Waals surface area contributed by atoms with Crippen LogP contribution in [0.2, 0.25) is 0 Å². The molecule has 4 heterocycles. The van der Waals surface area contributed by atoms with E-state index in [0.29, 0.717) is 57.7 Å². The summed E-state index contributed by atoms with van der Waals surface area (Å²) in [6.45, 7) is 8.20. The second kappa shape index (κ2) is 8.30. The van der Waals surface area contributed by atoms with E-state index in [1.807, 2.05) is 16.7 Å². The van der Waals surface area contributed by atoms with E-state index in [9.17, 15) is 9.59 Å². The zero-order chi connectivity index (χ0) is 20.4. The number of aromatic nitrogens is 2. The molecule has 0 aliphatic carbocycles. The van der Waals surface area contributed by atoms with E-state index in [1.54, 1.807) is 6.92 Å². The molecule has 0 aromatic carbocycles. The fourth-order valence-corrected chi connectivity index (χ4v) is 4.93. The lowest BCUT2D eigenvalue weighted by Gasteiger charge is -2.42. The second-order valence-corrected chi connectivity index (χ2v) is 8.51. The molecule has 0 spiro atoms. The van der Waals surface area contributed by atoms with Gasteiger partial charge >= 0.3 is 6.03 Å². The molecule has 0 unspecified atom stereocenters. The van der Waals surface area contributed by atoms with E-state index in [2.05, 4.69) is 15.5 Å². The lowest BCUT2D eigenvalue weighted by Crippen LogP contribution is -2.53. The number of ether oxygens (including phenoxy) is 1. The number of likely N-dealkylation sites (tertiary alicyclic amines) is 2. The zero-order valence-electron chi connectivity index (χ0n) is 17.4. The number of hydrogen-bond donors (Lipinski definition) is 1. The molecule has 1 N–H and O–H groups in total. The first-order valence-electron chi connectivity index (χ1n) is 10.7. The third kappa shape index (κ3) is 3.84. The van der Waals surface area contributed by atoms with Crippen molar-refractivity contribution in [2.45, 2.75) is 44.9 Å². The molecule has 3 fully saturated rings. The van der Waals surface area contributed by atoms with Gasteiger partial charge in [-0.25, -0.2) is 4.79 Å². The van der Waals surface area contributed by atoms with E-state index in [1.165, 1.54) is 0 Å². The summed E-state index contributed by atoms with van der Waals surface area (Å²) in [5.41, 5.74) is -0.378. The maximum Gasteiger partial charge on any atom is 0.317 e. The number of amides is 3. The van der Waals surface area contributed by atoms with Crippen LogP contribution < -0.4 is 5.32 Å². The first kappa shape index (κ1) is 20.1. The van der Waals surface area contributed by atoms with E-state index in [-0.39, 0.29) is 29.2 Å². The molecule has 160 valence electrons. The fraction of sp³-hybridized carbons (Fsp3) is 0.800. The van der Waals surface area contributed by atoms with Gasteiger partial charge in [0.15, 0.2) is 0 Å². The Morgan fingerprint density at radius 2 is 1.97 bits per heavy atom. The van der Waals surface area contributed by atoms with Crippen molar-refractivity contribution in [2.24, 2.45) is 11.8 Å². The summed E-state index contributed by atoms with van der Waals surface area (Å²) in [6.07, 6.45) is 3.20. The summed E-state index contributed by atoms with van der Waals surface area (Å²) in [5, 5.41) is 11.3. The molecule has 3 aliphatic heterocycles. The van der Waals surface area contributed by atoms with Gasteiger partial charge in [0.1, 0.15) is 0 Å². The Bertz CT molecular complexity index is 747. The Balaban J connectivity index is 1.53. The van der Waals surface area contributed by atoms with Crippen molar-refractivity contribution >= 4 is 11.9 Å². The maximum absolute atomic E-state index is 13.1. The fourth-order valence-electron chi connectivity index (χ4n) is 4.93. The monoisotopic (exact) mass is 405 g/mol. The molecule has 3 saturated heterocycles. The van der Waals surface area contributed by atoms with Gasteiger partial charge in [0, 0.05) is 64.7 Å². The highest BCUT2D eigenvalue weighted by molar-refractivity contribution is 5.79. The second-order valence-electron chi connectivity index (χ2n) is 8.51. The van der Waals surface area contributed by atoms with Crippen LogP contribution in [0.15, 0.2) is 4.42 Å². The number of aryl methyl sites for hydroxylation is 1. The molecule has 0 bridgehead atoms. The summed E-state index contributed by atoms with van der Waals surface area (Å²) in [4.78, 5) is 29.5. The molecule has 2 atom stereocenters. The molecule has 3 amide bonds. The Morgan fingerprint density at radius 1 is 1.21 bits per heavy atom. The average molecular weight is 405 g/mol. The number of nitrogens with one attached hydrogen (secondary N) is 1. The van der Waals surface area contributed by atoms with Crippen LogP contribution in [0, 0.1) is 18.8 Å². The number of urea groups is 1. The van der Waals surface area contributed by atoms with Crippen LogP contribution in [0.25, 0.3) is 0 Å². The van der Waals surface area contributed by atoms with Crippen molar-refractivity contribution < 1.29 is 18.7 Å². The minimum Gasteiger partial charge on any atom is -0.425 e. The van der Waals surface area contributed by atoms with E-state index < -0.39 is 0 Å². The zero-order valence-corrected chi connectivity index (χ0v) is 17.4. The SMILES string of the molecule is CCCNC(=O)N1C[C@@H]2CN(C(=O)C3CCOCC3)CC[C@]2(c2nnc(C)o2)C1. The molecular formula is C20H31N5O4. The number of nitrogens with zero attached hydrogens (tertiary/aromatic N) is 4. The summed E-state index contributed by atoms with van der Waals surface area (Å²) in [7, 11) is 0. The van der Waals surface area contributed by atoms with Gasteiger partial charge in [-0.3, -0.25) is 4.79 Å². The van der Waals surface area contributed by atoms with Gasteiger partial charge < -0.3 is 24.3 Å². The molecule has 3 aliphatic rings. The average Bonchev–Trinajstić information content (AvgIpc) is 3.36. The lowest BCUT2D eigenvalue weighted by molar-refractivity contribution is -0.141. The smallest absolute Gasteiger partial charge is 0.317 e. The molecule has 0 radical (unpaired) electrons. The van der Waals surface area contributed by atoms with Crippen LogP contribution in [0.1, 0.15) is 44.4 Å². The van der Waals surface area contributed by atoms with Crippen molar-refractivity contribution in [1.29, 1.82) is 0 Å². The summed E-state index contributed by atoms with van der Waals surface area (Å²) >= 11 is 0. The maximum atomic E-state index is 13.1. The quantitative estimate of drug-likeness (QED) is 0.811. The number of fused-ring (bicyclic) bond motifs is 1. The number of piperidine rings is 1. The highest BCUT2D eigenvalue weighted by Gasteiger charge is 2.55. The van der Waals surface area contributed by atoms with Crippen LogP contribution in [-0.4, -0.2) is 77.9 Å². The van der Waals surface area contributed by atoms with Gasteiger partial charge in [-0.2, -0.15) is 0 Å². The molecular weight excluding hydrogens is 374 g/mol. The summed E-state index contributed by atoms with van der Waals surface area (Å²) in [5.74, 6) is 1.49. The lowest BCUT2D eigenvalue weighted by atomic mass is 9.72.